The third-order valence-electron chi connectivity index (χ3n) is 3.44. The highest BCUT2D eigenvalue weighted by atomic mass is 16.4. The Balaban J connectivity index is 2.09. The van der Waals surface area contributed by atoms with Crippen molar-refractivity contribution in [1.29, 1.82) is 0 Å². The Hall–Kier alpha value is -2.44. The van der Waals surface area contributed by atoms with Gasteiger partial charge in [-0.05, 0) is 30.2 Å². The van der Waals surface area contributed by atoms with Crippen molar-refractivity contribution < 1.29 is 19.6 Å². The third-order valence-corrected chi connectivity index (χ3v) is 3.44. The number of Topliss-reactive ketones (excluding diaryl/α,β-unsaturated/α-hetero) is 1. The van der Waals surface area contributed by atoms with Crippen LogP contribution in [-0.2, 0) is 4.79 Å². The molecule has 0 spiro atoms. The van der Waals surface area contributed by atoms with Gasteiger partial charge in [0.2, 0.25) is 0 Å². The second kappa shape index (κ2) is 7.71. The van der Waals surface area contributed by atoms with E-state index in [4.69, 9.17) is 0 Å². The fourth-order valence-corrected chi connectivity index (χ4v) is 2.24. The standard InChI is InChI=1S/C17H18BNO4/c1-12(20)11-16(18(22)23)19-17(21)15-9-7-14(8-10-15)13-5-3-2-4-6-13/h2-10,16,22-23H,11H2,1H3,(H,19,21)/t16-/m1/s1. The highest BCUT2D eigenvalue weighted by molar-refractivity contribution is 6.44. The van der Waals surface area contributed by atoms with Gasteiger partial charge in [-0.3, -0.25) is 9.59 Å². The first kappa shape index (κ1) is 16.9. The summed E-state index contributed by atoms with van der Waals surface area (Å²) in [6.07, 6.45) is -0.133. The summed E-state index contributed by atoms with van der Waals surface area (Å²) in [5.74, 6) is -1.71. The lowest BCUT2D eigenvalue weighted by Crippen LogP contribution is -2.47. The second-order valence-corrected chi connectivity index (χ2v) is 5.34. The van der Waals surface area contributed by atoms with Gasteiger partial charge in [0.1, 0.15) is 5.78 Å². The topological polar surface area (TPSA) is 86.6 Å². The van der Waals surface area contributed by atoms with Crippen molar-refractivity contribution >= 4 is 18.8 Å². The molecule has 0 fully saturated rings. The van der Waals surface area contributed by atoms with Crippen LogP contribution in [0.15, 0.2) is 54.6 Å². The third kappa shape index (κ3) is 4.77. The van der Waals surface area contributed by atoms with Crippen molar-refractivity contribution in [2.45, 2.75) is 19.3 Å². The maximum absolute atomic E-state index is 12.1. The first-order chi connectivity index (χ1) is 11.0. The van der Waals surface area contributed by atoms with Crippen molar-refractivity contribution in [3.63, 3.8) is 0 Å². The average molecular weight is 311 g/mol. The Morgan fingerprint density at radius 2 is 1.57 bits per heavy atom. The molecule has 0 aliphatic carbocycles. The summed E-state index contributed by atoms with van der Waals surface area (Å²) in [5, 5.41) is 20.9. The molecule has 0 aliphatic heterocycles. The minimum absolute atomic E-state index is 0.133. The Labute approximate surface area is 135 Å². The first-order valence-corrected chi connectivity index (χ1v) is 7.29. The van der Waals surface area contributed by atoms with Gasteiger partial charge < -0.3 is 15.4 Å². The van der Waals surface area contributed by atoms with Crippen LogP contribution in [0, 0.1) is 0 Å². The minimum Gasteiger partial charge on any atom is -0.426 e. The van der Waals surface area contributed by atoms with Crippen LogP contribution in [0.1, 0.15) is 23.7 Å². The molecule has 2 aromatic carbocycles. The molecule has 0 bridgehead atoms. The molecule has 23 heavy (non-hydrogen) atoms. The number of carbonyl (C=O) groups is 2. The number of hydrogen-bond donors (Lipinski definition) is 3. The molecule has 0 saturated heterocycles. The predicted molar refractivity (Wildman–Crippen MR) is 88.6 cm³/mol. The van der Waals surface area contributed by atoms with E-state index in [1.54, 1.807) is 12.1 Å². The molecular formula is C17H18BNO4. The van der Waals surface area contributed by atoms with Crippen LogP contribution in [0.4, 0.5) is 0 Å². The van der Waals surface area contributed by atoms with Crippen molar-refractivity contribution in [2.24, 2.45) is 0 Å². The molecule has 1 atom stereocenters. The van der Waals surface area contributed by atoms with Gasteiger partial charge in [-0.2, -0.15) is 0 Å². The first-order valence-electron chi connectivity index (χ1n) is 7.29. The van der Waals surface area contributed by atoms with Crippen LogP contribution in [0.2, 0.25) is 0 Å². The number of ketones is 1. The minimum atomic E-state index is -1.79. The van der Waals surface area contributed by atoms with Crippen LogP contribution >= 0.6 is 0 Å². The average Bonchev–Trinajstić information content (AvgIpc) is 2.54. The van der Waals surface area contributed by atoms with Crippen LogP contribution in [0.5, 0.6) is 0 Å². The number of hydrogen-bond acceptors (Lipinski definition) is 4. The summed E-state index contributed by atoms with van der Waals surface area (Å²) in [4.78, 5) is 23.2. The van der Waals surface area contributed by atoms with E-state index in [0.29, 0.717) is 5.56 Å². The highest BCUT2D eigenvalue weighted by Gasteiger charge is 2.26. The molecule has 0 heterocycles. The van der Waals surface area contributed by atoms with Gasteiger partial charge in [-0.15, -0.1) is 0 Å². The van der Waals surface area contributed by atoms with Gasteiger partial charge in [-0.25, -0.2) is 0 Å². The summed E-state index contributed by atoms with van der Waals surface area (Å²) >= 11 is 0. The van der Waals surface area contributed by atoms with Gasteiger partial charge in [0.15, 0.2) is 0 Å². The summed E-state index contributed by atoms with van der Waals surface area (Å²) in [6, 6.07) is 16.7. The highest BCUT2D eigenvalue weighted by Crippen LogP contribution is 2.19. The lowest BCUT2D eigenvalue weighted by atomic mass is 9.76. The molecule has 5 nitrogen and oxygen atoms in total. The smallest absolute Gasteiger partial charge is 0.426 e. The Morgan fingerprint density at radius 1 is 1.00 bits per heavy atom. The van der Waals surface area contributed by atoms with E-state index in [9.17, 15) is 19.6 Å². The molecule has 3 N–H and O–H groups in total. The van der Waals surface area contributed by atoms with Gasteiger partial charge in [0.25, 0.3) is 5.91 Å². The maximum Gasteiger partial charge on any atom is 0.475 e. The Morgan fingerprint density at radius 3 is 2.09 bits per heavy atom. The Bertz CT molecular complexity index is 671. The van der Waals surface area contributed by atoms with Crippen molar-refractivity contribution in [3.05, 3.63) is 60.2 Å². The Kier molecular flexibility index (Phi) is 5.68. The van der Waals surface area contributed by atoms with Crippen molar-refractivity contribution in [2.75, 3.05) is 0 Å². The van der Waals surface area contributed by atoms with Crippen molar-refractivity contribution in [1.82, 2.24) is 5.32 Å². The molecule has 2 aromatic rings. The lowest BCUT2D eigenvalue weighted by Gasteiger charge is -2.16. The monoisotopic (exact) mass is 311 g/mol. The fraction of sp³-hybridized carbons (Fsp3) is 0.176. The van der Waals surface area contributed by atoms with E-state index in [2.05, 4.69) is 5.32 Å². The largest absolute Gasteiger partial charge is 0.475 e. The van der Waals surface area contributed by atoms with Gasteiger partial charge in [0.05, 0.1) is 5.94 Å². The second-order valence-electron chi connectivity index (χ2n) is 5.34. The number of rotatable bonds is 6. The molecule has 118 valence electrons. The zero-order valence-corrected chi connectivity index (χ0v) is 12.8. The molecule has 0 aromatic heterocycles. The molecule has 2 rings (SSSR count). The van der Waals surface area contributed by atoms with Crippen LogP contribution in [0.25, 0.3) is 11.1 Å². The number of nitrogens with one attached hydrogen (secondary N) is 1. The van der Waals surface area contributed by atoms with E-state index in [0.717, 1.165) is 11.1 Å². The summed E-state index contributed by atoms with van der Waals surface area (Å²) in [5.41, 5.74) is 2.41. The molecule has 0 saturated carbocycles. The molecular weight excluding hydrogens is 293 g/mol. The quantitative estimate of drug-likeness (QED) is 0.705. The molecule has 1 amide bonds. The molecule has 0 radical (unpaired) electrons. The molecule has 0 aliphatic rings. The maximum atomic E-state index is 12.1. The number of benzene rings is 2. The SMILES string of the molecule is CC(=O)C[C@@H](NC(=O)c1ccc(-c2ccccc2)cc1)B(O)O. The normalized spacial score (nSPS) is 11.6. The summed E-state index contributed by atoms with van der Waals surface area (Å²) < 4.78 is 0. The van der Waals surface area contributed by atoms with Crippen molar-refractivity contribution in [3.8, 4) is 11.1 Å². The van der Waals surface area contributed by atoms with Crippen LogP contribution < -0.4 is 5.32 Å². The zero-order valence-electron chi connectivity index (χ0n) is 12.8. The van der Waals surface area contributed by atoms with Crippen LogP contribution in [-0.4, -0.2) is 34.8 Å². The predicted octanol–water partition coefficient (Wildman–Crippen LogP) is 1.44. The van der Waals surface area contributed by atoms with Gasteiger partial charge in [0, 0.05) is 12.0 Å². The van der Waals surface area contributed by atoms with E-state index in [1.807, 2.05) is 42.5 Å². The van der Waals surface area contributed by atoms with E-state index in [1.165, 1.54) is 6.92 Å². The molecule has 6 heteroatoms. The fourth-order valence-electron chi connectivity index (χ4n) is 2.24. The number of carbonyl (C=O) groups excluding carboxylic acids is 2. The number of amides is 1. The summed E-state index contributed by atoms with van der Waals surface area (Å²) in [7, 11) is -1.79. The van der Waals surface area contributed by atoms with Gasteiger partial charge >= 0.3 is 7.12 Å². The van der Waals surface area contributed by atoms with E-state index in [-0.39, 0.29) is 12.2 Å². The van der Waals surface area contributed by atoms with Crippen LogP contribution in [0.3, 0.4) is 0 Å². The van der Waals surface area contributed by atoms with E-state index >= 15 is 0 Å². The lowest BCUT2D eigenvalue weighted by molar-refractivity contribution is -0.117. The van der Waals surface area contributed by atoms with E-state index < -0.39 is 19.0 Å². The summed E-state index contributed by atoms with van der Waals surface area (Å²) in [6.45, 7) is 1.33. The van der Waals surface area contributed by atoms with Gasteiger partial charge in [-0.1, -0.05) is 42.5 Å². The zero-order chi connectivity index (χ0) is 16.8. The molecule has 0 unspecified atom stereocenters.